The minimum Gasteiger partial charge on any atom is -0.267 e. The van der Waals surface area contributed by atoms with Crippen LogP contribution in [0.2, 0.25) is 0 Å². The molecular weight excluding hydrogens is 306 g/mol. The molecule has 0 fully saturated rings. The van der Waals surface area contributed by atoms with E-state index < -0.39 is 0 Å². The fraction of sp³-hybridized carbons (Fsp3) is 0.133. The molecule has 1 aromatic carbocycles. The molecule has 2 aromatic heterocycles. The summed E-state index contributed by atoms with van der Waals surface area (Å²) in [6.07, 6.45) is 1.83. The first-order valence-electron chi connectivity index (χ1n) is 6.35. The van der Waals surface area contributed by atoms with Crippen molar-refractivity contribution in [2.24, 2.45) is 0 Å². The Morgan fingerprint density at radius 1 is 1.29 bits per heavy atom. The van der Waals surface area contributed by atoms with E-state index in [2.05, 4.69) is 10.1 Å². The van der Waals surface area contributed by atoms with Crippen molar-refractivity contribution in [1.82, 2.24) is 14.6 Å². The Morgan fingerprint density at radius 3 is 2.71 bits per heavy atom. The quantitative estimate of drug-likeness (QED) is 0.726. The van der Waals surface area contributed by atoms with Gasteiger partial charge in [0.2, 0.25) is 4.96 Å². The van der Waals surface area contributed by atoms with Gasteiger partial charge in [-0.2, -0.15) is 9.61 Å². The molecule has 0 aliphatic heterocycles. The second-order valence-corrected chi connectivity index (χ2v) is 6.10. The molecule has 6 heteroatoms. The molecule has 0 aliphatic rings. The predicted molar refractivity (Wildman–Crippen MR) is 86.8 cm³/mol. The molecule has 0 radical (unpaired) electrons. The lowest BCUT2D eigenvalue weighted by molar-refractivity contribution is 0.885. The summed E-state index contributed by atoms with van der Waals surface area (Å²) in [7, 11) is 0. The number of benzene rings is 1. The monoisotopic (exact) mass is 317 g/mol. The van der Waals surface area contributed by atoms with Crippen molar-refractivity contribution in [2.75, 3.05) is 0 Å². The van der Waals surface area contributed by atoms with E-state index in [9.17, 15) is 4.79 Å². The fourth-order valence-corrected chi connectivity index (χ4v) is 3.03. The van der Waals surface area contributed by atoms with Crippen LogP contribution in [-0.2, 0) is 0 Å². The molecule has 3 rings (SSSR count). The van der Waals surface area contributed by atoms with Gasteiger partial charge in [0.1, 0.15) is 0 Å². The number of aryl methyl sites for hydroxylation is 2. The van der Waals surface area contributed by atoms with Gasteiger partial charge >= 0.3 is 0 Å². The first-order chi connectivity index (χ1) is 10.0. The second-order valence-electron chi connectivity index (χ2n) is 4.74. The van der Waals surface area contributed by atoms with Crippen LogP contribution < -0.4 is 5.56 Å². The average molecular weight is 318 g/mol. The number of fused-ring (bicyclic) bond motifs is 1. The van der Waals surface area contributed by atoms with Crippen LogP contribution >= 0.6 is 22.9 Å². The van der Waals surface area contributed by atoms with Gasteiger partial charge in [-0.15, -0.1) is 0 Å². The largest absolute Gasteiger partial charge is 0.275 e. The van der Waals surface area contributed by atoms with Gasteiger partial charge in [0, 0.05) is 11.8 Å². The Morgan fingerprint density at radius 2 is 2.00 bits per heavy atom. The van der Waals surface area contributed by atoms with Crippen molar-refractivity contribution < 1.29 is 0 Å². The molecule has 106 valence electrons. The second kappa shape index (κ2) is 5.42. The van der Waals surface area contributed by atoms with Gasteiger partial charge in [0.15, 0.2) is 5.01 Å². The zero-order valence-electron chi connectivity index (χ0n) is 11.5. The van der Waals surface area contributed by atoms with Crippen LogP contribution in [0.25, 0.3) is 16.1 Å². The molecule has 0 atom stereocenters. The summed E-state index contributed by atoms with van der Waals surface area (Å²) in [5.41, 5.74) is 2.66. The molecule has 3 aromatic rings. The SMILES string of the molecule is Cc1ccc(/C=C(\Cl)c2nn3c(=O)cc(C)nc3s2)cc1. The first-order valence-corrected chi connectivity index (χ1v) is 7.54. The van der Waals surface area contributed by atoms with Crippen LogP contribution in [0.3, 0.4) is 0 Å². The zero-order chi connectivity index (χ0) is 15.0. The van der Waals surface area contributed by atoms with Crippen molar-refractivity contribution in [2.45, 2.75) is 13.8 Å². The van der Waals surface area contributed by atoms with Crippen molar-refractivity contribution in [3.63, 3.8) is 0 Å². The zero-order valence-corrected chi connectivity index (χ0v) is 13.1. The van der Waals surface area contributed by atoms with Crippen LogP contribution in [0.15, 0.2) is 35.1 Å². The number of aromatic nitrogens is 3. The molecule has 21 heavy (non-hydrogen) atoms. The van der Waals surface area contributed by atoms with E-state index >= 15 is 0 Å². The van der Waals surface area contributed by atoms with Crippen LogP contribution in [0.1, 0.15) is 21.8 Å². The minimum atomic E-state index is -0.195. The molecule has 0 saturated heterocycles. The molecule has 0 spiro atoms. The molecule has 0 bridgehead atoms. The van der Waals surface area contributed by atoms with E-state index in [1.165, 1.54) is 27.5 Å². The number of nitrogens with zero attached hydrogens (tertiary/aromatic N) is 3. The van der Waals surface area contributed by atoms with Gasteiger partial charge in [-0.25, -0.2) is 4.98 Å². The van der Waals surface area contributed by atoms with E-state index in [1.807, 2.05) is 37.3 Å². The number of rotatable bonds is 2. The molecule has 0 aliphatic carbocycles. The summed E-state index contributed by atoms with van der Waals surface area (Å²) in [6, 6.07) is 9.46. The lowest BCUT2D eigenvalue weighted by Gasteiger charge is -1.96. The molecular formula is C15H12ClN3OS. The van der Waals surface area contributed by atoms with Crippen LogP contribution in [0.4, 0.5) is 0 Å². The normalized spacial score (nSPS) is 12.0. The highest BCUT2D eigenvalue weighted by molar-refractivity contribution is 7.18. The third-order valence-electron chi connectivity index (χ3n) is 2.95. The Kier molecular flexibility index (Phi) is 3.61. The van der Waals surface area contributed by atoms with Gasteiger partial charge in [-0.1, -0.05) is 52.8 Å². The first kappa shape index (κ1) is 14.0. The smallest absolute Gasteiger partial charge is 0.267 e. The predicted octanol–water partition coefficient (Wildman–Crippen LogP) is 3.50. The van der Waals surface area contributed by atoms with Crippen LogP contribution in [0, 0.1) is 13.8 Å². The summed E-state index contributed by atoms with van der Waals surface area (Å²) in [6.45, 7) is 3.81. The molecule has 0 N–H and O–H groups in total. The van der Waals surface area contributed by atoms with Crippen LogP contribution in [-0.4, -0.2) is 14.6 Å². The maximum atomic E-state index is 11.8. The lowest BCUT2D eigenvalue weighted by atomic mass is 10.1. The summed E-state index contributed by atoms with van der Waals surface area (Å²) in [5, 5.41) is 5.30. The summed E-state index contributed by atoms with van der Waals surface area (Å²) in [4.78, 5) is 16.7. The highest BCUT2D eigenvalue weighted by atomic mass is 35.5. The van der Waals surface area contributed by atoms with E-state index in [4.69, 9.17) is 11.6 Å². The molecule has 2 heterocycles. The maximum Gasteiger partial charge on any atom is 0.275 e. The number of hydrogen-bond donors (Lipinski definition) is 0. The van der Waals surface area contributed by atoms with Gasteiger partial charge < -0.3 is 0 Å². The molecule has 4 nitrogen and oxygen atoms in total. The lowest BCUT2D eigenvalue weighted by Crippen LogP contribution is -2.14. The summed E-state index contributed by atoms with van der Waals surface area (Å²) in [5.74, 6) is 0. The van der Waals surface area contributed by atoms with E-state index in [1.54, 1.807) is 6.92 Å². The van der Waals surface area contributed by atoms with Crippen molar-refractivity contribution in [3.8, 4) is 0 Å². The average Bonchev–Trinajstić information content (AvgIpc) is 2.85. The Hall–Kier alpha value is -1.98. The van der Waals surface area contributed by atoms with Gasteiger partial charge in [0.25, 0.3) is 5.56 Å². The van der Waals surface area contributed by atoms with Crippen LogP contribution in [0.5, 0.6) is 0 Å². The Balaban J connectivity index is 2.05. The Bertz CT molecular complexity index is 893. The van der Waals surface area contributed by atoms with Crippen molar-refractivity contribution in [3.05, 3.63) is 62.5 Å². The maximum absolute atomic E-state index is 11.8. The Labute approximate surface area is 130 Å². The highest BCUT2D eigenvalue weighted by Crippen LogP contribution is 2.25. The molecule has 0 unspecified atom stereocenters. The molecule has 0 saturated carbocycles. The highest BCUT2D eigenvalue weighted by Gasteiger charge is 2.10. The van der Waals surface area contributed by atoms with E-state index in [-0.39, 0.29) is 5.56 Å². The van der Waals surface area contributed by atoms with E-state index in [0.29, 0.717) is 20.7 Å². The van der Waals surface area contributed by atoms with E-state index in [0.717, 1.165) is 5.56 Å². The van der Waals surface area contributed by atoms with Gasteiger partial charge in [0.05, 0.1) is 5.03 Å². The van der Waals surface area contributed by atoms with Gasteiger partial charge in [-0.3, -0.25) is 4.79 Å². The fourth-order valence-electron chi connectivity index (χ4n) is 1.89. The standard InChI is InChI=1S/C15H12ClN3OS/c1-9-3-5-11(6-4-9)8-12(16)14-18-19-13(20)7-10(2)17-15(19)21-14/h3-8H,1-2H3/b12-8-. The molecule has 0 amide bonds. The van der Waals surface area contributed by atoms with Crippen molar-refractivity contribution >= 4 is 39.0 Å². The number of halogens is 1. The minimum absolute atomic E-state index is 0.195. The topological polar surface area (TPSA) is 47.3 Å². The summed E-state index contributed by atoms with van der Waals surface area (Å²) >= 11 is 7.61. The van der Waals surface area contributed by atoms with Gasteiger partial charge in [-0.05, 0) is 25.5 Å². The summed E-state index contributed by atoms with van der Waals surface area (Å²) < 4.78 is 1.28. The van der Waals surface area contributed by atoms with Crippen molar-refractivity contribution in [1.29, 1.82) is 0 Å². The number of hydrogen-bond acceptors (Lipinski definition) is 4. The third-order valence-corrected chi connectivity index (χ3v) is 4.29. The third kappa shape index (κ3) is 2.89.